The number of para-hydroxylation sites is 1. The lowest BCUT2D eigenvalue weighted by Gasteiger charge is -2.11. The molecule has 0 bridgehead atoms. The van der Waals surface area contributed by atoms with E-state index in [9.17, 15) is 0 Å². The Morgan fingerprint density at radius 3 is 2.62 bits per heavy atom. The summed E-state index contributed by atoms with van der Waals surface area (Å²) in [5, 5.41) is 0. The molecule has 0 spiro atoms. The van der Waals surface area contributed by atoms with Gasteiger partial charge >= 0.3 is 0 Å². The molecule has 0 fully saturated rings. The molecular formula is C17H19N3O. The van der Waals surface area contributed by atoms with Crippen LogP contribution in [0.3, 0.4) is 0 Å². The minimum absolute atomic E-state index is 0.468. The highest BCUT2D eigenvalue weighted by molar-refractivity contribution is 5.86. The fourth-order valence-electron chi connectivity index (χ4n) is 2.55. The molecule has 0 aliphatic rings. The van der Waals surface area contributed by atoms with E-state index in [4.69, 9.17) is 10.5 Å². The fraction of sp³-hybridized carbons (Fsp3) is 0.235. The molecule has 0 atom stereocenters. The smallest absolute Gasteiger partial charge is 0.206 e. The first-order chi connectivity index (χ1) is 10.1. The van der Waals surface area contributed by atoms with Gasteiger partial charge in [-0.3, -0.25) is 4.57 Å². The van der Waals surface area contributed by atoms with Crippen LogP contribution in [0.2, 0.25) is 0 Å². The van der Waals surface area contributed by atoms with Crippen LogP contribution in [0.25, 0.3) is 16.7 Å². The third kappa shape index (κ3) is 2.23. The van der Waals surface area contributed by atoms with Crippen LogP contribution in [0.4, 0.5) is 5.95 Å². The molecule has 4 heteroatoms. The highest BCUT2D eigenvalue weighted by atomic mass is 16.5. The molecule has 2 N–H and O–H groups in total. The third-order valence-corrected chi connectivity index (χ3v) is 3.69. The summed E-state index contributed by atoms with van der Waals surface area (Å²) < 4.78 is 7.32. The molecule has 0 amide bonds. The van der Waals surface area contributed by atoms with E-state index in [1.165, 1.54) is 5.56 Å². The van der Waals surface area contributed by atoms with Gasteiger partial charge in [-0.05, 0) is 35.7 Å². The number of benzene rings is 2. The fourth-order valence-corrected chi connectivity index (χ4v) is 2.55. The average molecular weight is 281 g/mol. The van der Waals surface area contributed by atoms with Gasteiger partial charge in [-0.1, -0.05) is 32.0 Å². The summed E-state index contributed by atoms with van der Waals surface area (Å²) in [6, 6.07) is 14.2. The number of methoxy groups -OCH3 is 1. The summed E-state index contributed by atoms with van der Waals surface area (Å²) in [5.74, 6) is 1.67. The van der Waals surface area contributed by atoms with Crippen LogP contribution in [-0.4, -0.2) is 16.7 Å². The molecule has 108 valence electrons. The van der Waals surface area contributed by atoms with Gasteiger partial charge in [0.25, 0.3) is 0 Å². The van der Waals surface area contributed by atoms with E-state index in [-0.39, 0.29) is 0 Å². The van der Waals surface area contributed by atoms with Crippen LogP contribution in [0.5, 0.6) is 5.75 Å². The summed E-state index contributed by atoms with van der Waals surface area (Å²) in [6.45, 7) is 4.36. The van der Waals surface area contributed by atoms with Gasteiger partial charge in [-0.2, -0.15) is 0 Å². The average Bonchev–Trinajstić information content (AvgIpc) is 2.83. The number of hydrogen-bond donors (Lipinski definition) is 1. The number of nitrogens with zero attached hydrogens (tertiary/aromatic N) is 2. The summed E-state index contributed by atoms with van der Waals surface area (Å²) in [4.78, 5) is 4.45. The zero-order valence-electron chi connectivity index (χ0n) is 12.5. The zero-order chi connectivity index (χ0) is 15.0. The van der Waals surface area contributed by atoms with Crippen molar-refractivity contribution >= 4 is 17.0 Å². The molecule has 2 aromatic carbocycles. The van der Waals surface area contributed by atoms with Crippen molar-refractivity contribution in [2.45, 2.75) is 19.8 Å². The molecule has 0 radical (unpaired) electrons. The summed E-state index contributed by atoms with van der Waals surface area (Å²) >= 11 is 0. The number of hydrogen-bond acceptors (Lipinski definition) is 3. The normalized spacial score (nSPS) is 11.2. The Hall–Kier alpha value is -2.49. The molecule has 0 unspecified atom stereocenters. The molecule has 4 nitrogen and oxygen atoms in total. The van der Waals surface area contributed by atoms with E-state index in [2.05, 4.69) is 37.0 Å². The lowest BCUT2D eigenvalue weighted by Crippen LogP contribution is -2.01. The van der Waals surface area contributed by atoms with Gasteiger partial charge in [0, 0.05) is 5.69 Å². The Morgan fingerprint density at radius 2 is 1.90 bits per heavy atom. The third-order valence-electron chi connectivity index (χ3n) is 3.69. The second-order valence-corrected chi connectivity index (χ2v) is 5.38. The molecule has 0 aliphatic heterocycles. The Bertz CT molecular complexity index is 790. The van der Waals surface area contributed by atoms with E-state index in [0.29, 0.717) is 11.9 Å². The van der Waals surface area contributed by atoms with Crippen molar-refractivity contribution in [1.29, 1.82) is 0 Å². The van der Waals surface area contributed by atoms with Gasteiger partial charge in [-0.15, -0.1) is 0 Å². The van der Waals surface area contributed by atoms with Crippen LogP contribution in [0.15, 0.2) is 42.5 Å². The first-order valence-corrected chi connectivity index (χ1v) is 7.03. The van der Waals surface area contributed by atoms with Crippen LogP contribution in [-0.2, 0) is 0 Å². The van der Waals surface area contributed by atoms with Gasteiger partial charge in [0.1, 0.15) is 11.3 Å². The molecular weight excluding hydrogens is 262 g/mol. The standard InChI is InChI=1S/C17H19N3O/c1-11(2)12-6-4-7-13(10-12)20-14-8-5-9-15(21-3)16(14)19-17(20)18/h4-11H,1-3H3,(H2,18,19). The minimum Gasteiger partial charge on any atom is -0.494 e. The second kappa shape index (κ2) is 5.13. The van der Waals surface area contributed by atoms with Crippen molar-refractivity contribution in [3.8, 4) is 11.4 Å². The van der Waals surface area contributed by atoms with Crippen molar-refractivity contribution in [1.82, 2.24) is 9.55 Å². The predicted octanol–water partition coefficient (Wildman–Crippen LogP) is 3.74. The molecule has 0 aliphatic carbocycles. The van der Waals surface area contributed by atoms with E-state index in [0.717, 1.165) is 22.5 Å². The maximum Gasteiger partial charge on any atom is 0.206 e. The van der Waals surface area contributed by atoms with Gasteiger partial charge in [0.05, 0.1) is 12.6 Å². The van der Waals surface area contributed by atoms with Crippen molar-refractivity contribution < 1.29 is 4.74 Å². The Labute approximate surface area is 124 Å². The topological polar surface area (TPSA) is 53.1 Å². The molecule has 0 saturated heterocycles. The number of ether oxygens (including phenoxy) is 1. The maximum atomic E-state index is 6.13. The largest absolute Gasteiger partial charge is 0.494 e. The first-order valence-electron chi connectivity index (χ1n) is 7.03. The monoisotopic (exact) mass is 281 g/mol. The van der Waals surface area contributed by atoms with Crippen LogP contribution in [0, 0.1) is 0 Å². The molecule has 3 rings (SSSR count). The Morgan fingerprint density at radius 1 is 1.14 bits per heavy atom. The first kappa shape index (κ1) is 13.5. The van der Waals surface area contributed by atoms with Gasteiger partial charge < -0.3 is 10.5 Å². The van der Waals surface area contributed by atoms with Crippen molar-refractivity contribution in [3.63, 3.8) is 0 Å². The SMILES string of the molecule is COc1cccc2c1nc(N)n2-c1cccc(C(C)C)c1. The number of rotatable bonds is 3. The van der Waals surface area contributed by atoms with Crippen molar-refractivity contribution in [2.24, 2.45) is 0 Å². The van der Waals surface area contributed by atoms with E-state index in [1.54, 1.807) is 7.11 Å². The highest BCUT2D eigenvalue weighted by Gasteiger charge is 2.13. The molecule has 21 heavy (non-hydrogen) atoms. The van der Waals surface area contributed by atoms with E-state index < -0.39 is 0 Å². The number of aromatic nitrogens is 2. The van der Waals surface area contributed by atoms with E-state index >= 15 is 0 Å². The van der Waals surface area contributed by atoms with E-state index in [1.807, 2.05) is 28.8 Å². The zero-order valence-corrected chi connectivity index (χ0v) is 12.5. The molecule has 0 saturated carbocycles. The van der Waals surface area contributed by atoms with Gasteiger partial charge in [0.15, 0.2) is 0 Å². The number of fused-ring (bicyclic) bond motifs is 1. The quantitative estimate of drug-likeness (QED) is 0.795. The van der Waals surface area contributed by atoms with Crippen LogP contribution >= 0.6 is 0 Å². The van der Waals surface area contributed by atoms with Crippen molar-refractivity contribution in [2.75, 3.05) is 12.8 Å². The van der Waals surface area contributed by atoms with Crippen molar-refractivity contribution in [3.05, 3.63) is 48.0 Å². The molecule has 3 aromatic rings. The number of nitrogen functional groups attached to an aromatic ring is 1. The number of nitrogens with two attached hydrogens (primary N) is 1. The summed E-state index contributed by atoms with van der Waals surface area (Å²) in [5.41, 5.74) is 10.2. The highest BCUT2D eigenvalue weighted by Crippen LogP contribution is 2.30. The van der Waals surface area contributed by atoms with Crippen LogP contribution < -0.4 is 10.5 Å². The minimum atomic E-state index is 0.468. The van der Waals surface area contributed by atoms with Gasteiger partial charge in [0.2, 0.25) is 5.95 Å². The van der Waals surface area contributed by atoms with Gasteiger partial charge in [-0.25, -0.2) is 4.98 Å². The molecule has 1 heterocycles. The Balaban J connectivity index is 2.25. The second-order valence-electron chi connectivity index (χ2n) is 5.38. The maximum absolute atomic E-state index is 6.13. The lowest BCUT2D eigenvalue weighted by atomic mass is 10.0. The lowest BCUT2D eigenvalue weighted by molar-refractivity contribution is 0.419. The number of anilines is 1. The summed E-state index contributed by atoms with van der Waals surface area (Å²) in [7, 11) is 1.64. The summed E-state index contributed by atoms with van der Waals surface area (Å²) in [6.07, 6.45) is 0. The predicted molar refractivity (Wildman–Crippen MR) is 86.1 cm³/mol. The Kier molecular flexibility index (Phi) is 3.29. The van der Waals surface area contributed by atoms with Crippen LogP contribution in [0.1, 0.15) is 25.3 Å². The molecule has 1 aromatic heterocycles. The number of imidazole rings is 1.